The molecule has 0 atom stereocenters. The minimum atomic E-state index is -1.77. The van der Waals surface area contributed by atoms with Gasteiger partial charge in [-0.2, -0.15) is 0 Å². The highest BCUT2D eigenvalue weighted by atomic mass is 19.2. The zero-order chi connectivity index (χ0) is 16.9. The van der Waals surface area contributed by atoms with Gasteiger partial charge in [0.15, 0.2) is 17.5 Å². The molecule has 1 heterocycles. The summed E-state index contributed by atoms with van der Waals surface area (Å²) in [6.07, 6.45) is 0. The van der Waals surface area contributed by atoms with Crippen molar-refractivity contribution in [2.75, 3.05) is 7.11 Å². The Morgan fingerprint density at radius 1 is 1.05 bits per heavy atom. The van der Waals surface area contributed by atoms with Gasteiger partial charge in [-0.15, -0.1) is 0 Å². The van der Waals surface area contributed by atoms with E-state index in [-0.39, 0.29) is 0 Å². The van der Waals surface area contributed by atoms with E-state index in [4.69, 9.17) is 9.31 Å². The van der Waals surface area contributed by atoms with Gasteiger partial charge in [0.1, 0.15) is 0 Å². The molecule has 0 N–H and O–H groups in total. The molecule has 0 bridgehead atoms. The van der Waals surface area contributed by atoms with Gasteiger partial charge < -0.3 is 14.0 Å². The molecule has 1 aromatic carbocycles. The number of hydrogen-bond donors (Lipinski definition) is 0. The van der Waals surface area contributed by atoms with Crippen molar-refractivity contribution in [1.29, 1.82) is 0 Å². The van der Waals surface area contributed by atoms with Crippen molar-refractivity contribution in [2.24, 2.45) is 0 Å². The molecule has 0 amide bonds. The first-order valence-corrected chi connectivity index (χ1v) is 6.63. The van der Waals surface area contributed by atoms with Crippen LogP contribution in [0.3, 0.4) is 0 Å². The third-order valence-corrected chi connectivity index (χ3v) is 4.09. The number of methoxy groups -OCH3 is 1. The van der Waals surface area contributed by atoms with Crippen LogP contribution in [0.4, 0.5) is 13.2 Å². The molecule has 1 fully saturated rings. The maximum Gasteiger partial charge on any atom is 0.497 e. The summed E-state index contributed by atoms with van der Waals surface area (Å²) >= 11 is 0. The third-order valence-electron chi connectivity index (χ3n) is 4.09. The Labute approximate surface area is 126 Å². The van der Waals surface area contributed by atoms with Crippen molar-refractivity contribution >= 4 is 18.6 Å². The van der Waals surface area contributed by atoms with E-state index in [0.717, 1.165) is 13.2 Å². The number of halogens is 3. The molecular weight excluding hydrogens is 300 g/mol. The van der Waals surface area contributed by atoms with Gasteiger partial charge in [0.25, 0.3) is 0 Å². The van der Waals surface area contributed by atoms with Gasteiger partial charge in [0.05, 0.1) is 23.9 Å². The fraction of sp³-hybridized carbons (Fsp3) is 0.500. The maximum atomic E-state index is 14.0. The van der Waals surface area contributed by atoms with Crippen LogP contribution in [-0.2, 0) is 14.0 Å². The minimum Gasteiger partial charge on any atom is -0.465 e. The van der Waals surface area contributed by atoms with E-state index in [1.807, 2.05) is 0 Å². The Hall–Kier alpha value is -1.54. The van der Waals surface area contributed by atoms with Crippen molar-refractivity contribution in [3.05, 3.63) is 29.1 Å². The van der Waals surface area contributed by atoms with E-state index in [1.165, 1.54) is 0 Å². The van der Waals surface area contributed by atoms with Gasteiger partial charge >= 0.3 is 13.1 Å². The van der Waals surface area contributed by atoms with Crippen LogP contribution >= 0.6 is 0 Å². The molecule has 1 aromatic rings. The molecule has 2 rings (SSSR count). The van der Waals surface area contributed by atoms with Crippen LogP contribution in [0.15, 0.2) is 6.07 Å². The average Bonchev–Trinajstić information content (AvgIpc) is 2.64. The lowest BCUT2D eigenvalue weighted by molar-refractivity contribution is 0.00578. The van der Waals surface area contributed by atoms with Gasteiger partial charge in [0, 0.05) is 5.46 Å². The predicted octanol–water partition coefficient (Wildman–Crippen LogP) is 2.19. The molecule has 120 valence electrons. The summed E-state index contributed by atoms with van der Waals surface area (Å²) in [6, 6.07) is 0.849. The van der Waals surface area contributed by atoms with E-state index in [1.54, 1.807) is 27.7 Å². The fourth-order valence-corrected chi connectivity index (χ4v) is 2.02. The molecule has 0 aromatic heterocycles. The van der Waals surface area contributed by atoms with Gasteiger partial charge in [-0.05, 0) is 33.8 Å². The van der Waals surface area contributed by atoms with Crippen LogP contribution in [0.2, 0.25) is 0 Å². The highest BCUT2D eigenvalue weighted by molar-refractivity contribution is 6.62. The molecule has 0 aliphatic carbocycles. The number of benzene rings is 1. The Balaban J connectivity index is 2.53. The highest BCUT2D eigenvalue weighted by Crippen LogP contribution is 2.37. The molecule has 1 saturated heterocycles. The standard InChI is InChI=1S/C14H16BF3O4/c1-13(2)14(3,4)22-15(21-13)8-6-7(12(19)20-5)9(16)11(18)10(8)17/h6H,1-5H3. The van der Waals surface area contributed by atoms with Crippen molar-refractivity contribution in [3.63, 3.8) is 0 Å². The molecule has 0 spiro atoms. The molecule has 1 aliphatic rings. The molecular formula is C14H16BF3O4. The second-order valence-corrected chi connectivity index (χ2v) is 6.04. The quantitative estimate of drug-likeness (QED) is 0.477. The summed E-state index contributed by atoms with van der Waals surface area (Å²) in [4.78, 5) is 11.5. The third kappa shape index (κ3) is 2.50. The molecule has 0 radical (unpaired) electrons. The number of hydrogen-bond acceptors (Lipinski definition) is 4. The number of esters is 1. The summed E-state index contributed by atoms with van der Waals surface area (Å²) in [7, 11) is -0.249. The lowest BCUT2D eigenvalue weighted by Gasteiger charge is -2.32. The first-order chi connectivity index (χ1) is 10.0. The molecule has 1 aliphatic heterocycles. The number of ether oxygens (including phenoxy) is 1. The Morgan fingerprint density at radius 2 is 1.55 bits per heavy atom. The van der Waals surface area contributed by atoms with Crippen molar-refractivity contribution in [3.8, 4) is 0 Å². The van der Waals surface area contributed by atoms with Gasteiger partial charge in [-0.25, -0.2) is 18.0 Å². The van der Waals surface area contributed by atoms with E-state index in [0.29, 0.717) is 0 Å². The average molecular weight is 316 g/mol. The van der Waals surface area contributed by atoms with Crippen LogP contribution in [0, 0.1) is 17.5 Å². The van der Waals surface area contributed by atoms with E-state index in [9.17, 15) is 18.0 Å². The van der Waals surface area contributed by atoms with Crippen LogP contribution < -0.4 is 5.46 Å². The van der Waals surface area contributed by atoms with Crippen LogP contribution in [0.5, 0.6) is 0 Å². The van der Waals surface area contributed by atoms with Crippen molar-refractivity contribution in [2.45, 2.75) is 38.9 Å². The largest absolute Gasteiger partial charge is 0.497 e. The smallest absolute Gasteiger partial charge is 0.465 e. The highest BCUT2D eigenvalue weighted by Gasteiger charge is 2.53. The number of carbonyl (C=O) groups excluding carboxylic acids is 1. The first-order valence-electron chi connectivity index (χ1n) is 6.63. The molecule has 22 heavy (non-hydrogen) atoms. The Bertz CT molecular complexity index is 615. The summed E-state index contributed by atoms with van der Waals surface area (Å²) in [5.41, 5.74) is -2.69. The fourth-order valence-electron chi connectivity index (χ4n) is 2.02. The van der Waals surface area contributed by atoms with Gasteiger partial charge in [-0.3, -0.25) is 0 Å². The summed E-state index contributed by atoms with van der Waals surface area (Å²) < 4.78 is 57.0. The monoisotopic (exact) mass is 316 g/mol. The maximum absolute atomic E-state index is 14.0. The van der Waals surface area contributed by atoms with Crippen LogP contribution in [-0.4, -0.2) is 31.4 Å². The minimum absolute atomic E-state index is 0.391. The van der Waals surface area contributed by atoms with Crippen LogP contribution in [0.25, 0.3) is 0 Å². The molecule has 4 nitrogen and oxygen atoms in total. The van der Waals surface area contributed by atoms with E-state index >= 15 is 0 Å². The zero-order valence-corrected chi connectivity index (χ0v) is 12.9. The molecule has 0 saturated carbocycles. The van der Waals surface area contributed by atoms with E-state index < -0.39 is 52.8 Å². The zero-order valence-electron chi connectivity index (χ0n) is 12.9. The summed E-state index contributed by atoms with van der Waals surface area (Å²) in [6.45, 7) is 6.91. The first kappa shape index (κ1) is 16.8. The van der Waals surface area contributed by atoms with Crippen molar-refractivity contribution in [1.82, 2.24) is 0 Å². The van der Waals surface area contributed by atoms with Gasteiger partial charge in [0.2, 0.25) is 0 Å². The molecule has 0 unspecified atom stereocenters. The second-order valence-electron chi connectivity index (χ2n) is 6.04. The normalized spacial score (nSPS) is 19.4. The topological polar surface area (TPSA) is 44.8 Å². The van der Waals surface area contributed by atoms with Crippen LogP contribution in [0.1, 0.15) is 38.1 Å². The predicted molar refractivity (Wildman–Crippen MR) is 73.4 cm³/mol. The summed E-state index contributed by atoms with van der Waals surface area (Å²) in [5.74, 6) is -5.95. The summed E-state index contributed by atoms with van der Waals surface area (Å²) in [5, 5.41) is 0. The second kappa shape index (κ2) is 5.28. The van der Waals surface area contributed by atoms with Crippen molar-refractivity contribution < 1.29 is 32.0 Å². The Morgan fingerprint density at radius 3 is 2.00 bits per heavy atom. The lowest BCUT2D eigenvalue weighted by atomic mass is 9.77. The number of carbonyl (C=O) groups is 1. The molecule has 8 heteroatoms. The Kier molecular flexibility index (Phi) is 4.04. The number of rotatable bonds is 2. The lowest BCUT2D eigenvalue weighted by Crippen LogP contribution is -2.41. The van der Waals surface area contributed by atoms with Gasteiger partial charge in [-0.1, -0.05) is 0 Å². The van der Waals surface area contributed by atoms with E-state index in [2.05, 4.69) is 4.74 Å². The SMILES string of the molecule is COC(=O)c1cc(B2OC(C)(C)C(C)(C)O2)c(F)c(F)c1F.